The smallest absolute Gasteiger partial charge is 0.127 e. The zero-order chi connectivity index (χ0) is 11.5. The number of benzene rings is 1. The van der Waals surface area contributed by atoms with E-state index in [4.69, 9.17) is 11.6 Å². The summed E-state index contributed by atoms with van der Waals surface area (Å²) in [6.07, 6.45) is 0.841. The van der Waals surface area contributed by atoms with Crippen LogP contribution in [0.1, 0.15) is 12.0 Å². The first-order valence-corrected chi connectivity index (χ1v) is 5.88. The first-order valence-electron chi connectivity index (χ1n) is 5.50. The van der Waals surface area contributed by atoms with Gasteiger partial charge in [-0.25, -0.2) is 4.39 Å². The first-order chi connectivity index (χ1) is 7.68. The van der Waals surface area contributed by atoms with Crippen molar-refractivity contribution >= 4 is 11.6 Å². The van der Waals surface area contributed by atoms with E-state index in [0.717, 1.165) is 13.0 Å². The van der Waals surface area contributed by atoms with Crippen LogP contribution in [0.4, 0.5) is 4.39 Å². The molecule has 1 saturated heterocycles. The van der Waals surface area contributed by atoms with Crippen LogP contribution in [0.2, 0.25) is 5.02 Å². The van der Waals surface area contributed by atoms with Gasteiger partial charge in [0.05, 0.1) is 6.10 Å². The fourth-order valence-corrected chi connectivity index (χ4v) is 2.35. The van der Waals surface area contributed by atoms with Crippen LogP contribution in [0.3, 0.4) is 0 Å². The summed E-state index contributed by atoms with van der Waals surface area (Å²) in [5, 5.41) is 13.4. The Kier molecular flexibility index (Phi) is 3.79. The quantitative estimate of drug-likeness (QED) is 0.833. The van der Waals surface area contributed by atoms with Crippen molar-refractivity contribution in [2.24, 2.45) is 5.92 Å². The minimum atomic E-state index is -0.364. The van der Waals surface area contributed by atoms with Gasteiger partial charge < -0.3 is 10.4 Å². The van der Waals surface area contributed by atoms with Crippen LogP contribution < -0.4 is 5.32 Å². The summed E-state index contributed by atoms with van der Waals surface area (Å²) < 4.78 is 13.5. The van der Waals surface area contributed by atoms with E-state index in [2.05, 4.69) is 5.32 Å². The summed E-state index contributed by atoms with van der Waals surface area (Å²) in [5.74, 6) is -0.242. The van der Waals surface area contributed by atoms with E-state index in [1.807, 2.05) is 0 Å². The Bertz CT molecular complexity index is 352. The Morgan fingerprint density at radius 1 is 1.50 bits per heavy atom. The molecule has 2 atom stereocenters. The number of halogens is 2. The van der Waals surface area contributed by atoms with Gasteiger partial charge in [0.1, 0.15) is 5.82 Å². The summed E-state index contributed by atoms with van der Waals surface area (Å²) in [7, 11) is 0. The molecule has 0 saturated carbocycles. The molecule has 0 bridgehead atoms. The van der Waals surface area contributed by atoms with E-state index in [0.29, 0.717) is 23.6 Å². The Hall–Kier alpha value is -0.640. The zero-order valence-electron chi connectivity index (χ0n) is 8.92. The number of piperidine rings is 1. The highest BCUT2D eigenvalue weighted by Gasteiger charge is 2.24. The molecule has 2 rings (SSSR count). The van der Waals surface area contributed by atoms with Gasteiger partial charge in [-0.15, -0.1) is 0 Å². The van der Waals surface area contributed by atoms with Gasteiger partial charge in [-0.2, -0.15) is 0 Å². The number of hydrogen-bond acceptors (Lipinski definition) is 2. The fourth-order valence-electron chi connectivity index (χ4n) is 2.11. The van der Waals surface area contributed by atoms with Crippen molar-refractivity contribution in [1.82, 2.24) is 5.32 Å². The van der Waals surface area contributed by atoms with Crippen LogP contribution in [0.25, 0.3) is 0 Å². The predicted octanol–water partition coefficient (Wildman–Crippen LogP) is 1.99. The van der Waals surface area contributed by atoms with Crippen LogP contribution in [-0.4, -0.2) is 24.3 Å². The number of nitrogens with one attached hydrogen (secondary N) is 1. The van der Waals surface area contributed by atoms with Gasteiger partial charge in [-0.05, 0) is 31.5 Å². The summed E-state index contributed by atoms with van der Waals surface area (Å²) in [6.45, 7) is 1.54. The standard InChI is InChI=1S/C12H15ClFNO/c13-10-2-1-3-11(14)9(10)6-8-7-15-5-4-12(8)16/h1-3,8,12,15-16H,4-7H2. The van der Waals surface area contributed by atoms with Crippen LogP contribution in [0, 0.1) is 11.7 Å². The average Bonchev–Trinajstić information content (AvgIpc) is 2.26. The maximum absolute atomic E-state index is 13.5. The maximum Gasteiger partial charge on any atom is 0.127 e. The summed E-state index contributed by atoms with van der Waals surface area (Å²) in [5.41, 5.74) is 0.511. The molecular weight excluding hydrogens is 229 g/mol. The molecule has 2 nitrogen and oxygen atoms in total. The third-order valence-electron chi connectivity index (χ3n) is 3.10. The van der Waals surface area contributed by atoms with Gasteiger partial charge in [0.25, 0.3) is 0 Å². The van der Waals surface area contributed by atoms with Crippen molar-refractivity contribution in [3.8, 4) is 0 Å². The second kappa shape index (κ2) is 5.13. The first kappa shape index (κ1) is 11.8. The molecule has 1 fully saturated rings. The second-order valence-electron chi connectivity index (χ2n) is 4.22. The van der Waals surface area contributed by atoms with E-state index in [-0.39, 0.29) is 17.8 Å². The van der Waals surface area contributed by atoms with Gasteiger partial charge in [0.15, 0.2) is 0 Å². The molecule has 0 aromatic heterocycles. The lowest BCUT2D eigenvalue weighted by atomic mass is 9.89. The topological polar surface area (TPSA) is 32.3 Å². The molecule has 0 amide bonds. The van der Waals surface area contributed by atoms with E-state index in [9.17, 15) is 9.50 Å². The predicted molar refractivity (Wildman–Crippen MR) is 62.1 cm³/mol. The van der Waals surface area contributed by atoms with Crippen molar-refractivity contribution in [1.29, 1.82) is 0 Å². The number of aliphatic hydroxyl groups is 1. The van der Waals surface area contributed by atoms with Crippen molar-refractivity contribution in [2.45, 2.75) is 18.9 Å². The van der Waals surface area contributed by atoms with Crippen LogP contribution in [0.5, 0.6) is 0 Å². The Morgan fingerprint density at radius 2 is 2.31 bits per heavy atom. The van der Waals surface area contributed by atoms with Crippen molar-refractivity contribution in [3.05, 3.63) is 34.6 Å². The lowest BCUT2D eigenvalue weighted by Gasteiger charge is -2.28. The molecule has 4 heteroatoms. The normalized spacial score (nSPS) is 25.7. The Morgan fingerprint density at radius 3 is 3.00 bits per heavy atom. The molecule has 1 aliphatic heterocycles. The van der Waals surface area contributed by atoms with Crippen LogP contribution in [-0.2, 0) is 6.42 Å². The third-order valence-corrected chi connectivity index (χ3v) is 3.45. The fraction of sp³-hybridized carbons (Fsp3) is 0.500. The van der Waals surface area contributed by atoms with E-state index >= 15 is 0 Å². The average molecular weight is 244 g/mol. The number of rotatable bonds is 2. The molecule has 0 spiro atoms. The summed E-state index contributed by atoms with van der Waals surface area (Å²) in [6, 6.07) is 4.68. The maximum atomic E-state index is 13.5. The van der Waals surface area contributed by atoms with Crippen molar-refractivity contribution in [3.63, 3.8) is 0 Å². The molecule has 0 aliphatic carbocycles. The molecule has 88 valence electrons. The van der Waals surface area contributed by atoms with Gasteiger partial charge in [-0.3, -0.25) is 0 Å². The molecule has 1 aliphatic rings. The lowest BCUT2D eigenvalue weighted by Crippen LogP contribution is -2.41. The van der Waals surface area contributed by atoms with Gasteiger partial charge >= 0.3 is 0 Å². The zero-order valence-corrected chi connectivity index (χ0v) is 9.67. The monoisotopic (exact) mass is 243 g/mol. The van der Waals surface area contributed by atoms with E-state index in [1.54, 1.807) is 12.1 Å². The SMILES string of the molecule is OC1CCNCC1Cc1c(F)cccc1Cl. The number of hydrogen-bond donors (Lipinski definition) is 2. The Labute approximate surface area is 99.4 Å². The molecule has 16 heavy (non-hydrogen) atoms. The van der Waals surface area contributed by atoms with E-state index in [1.165, 1.54) is 6.07 Å². The molecule has 1 aromatic carbocycles. The summed E-state index contributed by atoms with van der Waals surface area (Å²) in [4.78, 5) is 0. The van der Waals surface area contributed by atoms with Gasteiger partial charge in [-0.1, -0.05) is 17.7 Å². The van der Waals surface area contributed by atoms with Crippen LogP contribution >= 0.6 is 11.6 Å². The highest BCUT2D eigenvalue weighted by atomic mass is 35.5. The lowest BCUT2D eigenvalue weighted by molar-refractivity contribution is 0.0787. The third kappa shape index (κ3) is 2.54. The van der Waals surface area contributed by atoms with Gasteiger partial charge in [0, 0.05) is 23.0 Å². The largest absolute Gasteiger partial charge is 0.393 e. The molecule has 2 unspecified atom stereocenters. The van der Waals surface area contributed by atoms with Crippen molar-refractivity contribution < 1.29 is 9.50 Å². The Balaban J connectivity index is 2.13. The van der Waals surface area contributed by atoms with E-state index < -0.39 is 0 Å². The molecule has 0 radical (unpaired) electrons. The number of aliphatic hydroxyl groups excluding tert-OH is 1. The van der Waals surface area contributed by atoms with Gasteiger partial charge in [0.2, 0.25) is 0 Å². The minimum Gasteiger partial charge on any atom is -0.393 e. The molecule has 2 N–H and O–H groups in total. The van der Waals surface area contributed by atoms with Crippen LogP contribution in [0.15, 0.2) is 18.2 Å². The minimum absolute atomic E-state index is 0.0446. The highest BCUT2D eigenvalue weighted by molar-refractivity contribution is 6.31. The molecule has 1 heterocycles. The highest BCUT2D eigenvalue weighted by Crippen LogP contribution is 2.25. The molecular formula is C12H15ClFNO. The second-order valence-corrected chi connectivity index (χ2v) is 4.63. The molecule has 1 aromatic rings. The van der Waals surface area contributed by atoms with Crippen molar-refractivity contribution in [2.75, 3.05) is 13.1 Å². The summed E-state index contributed by atoms with van der Waals surface area (Å²) >= 11 is 5.95.